The van der Waals surface area contributed by atoms with Crippen LogP contribution in [-0.2, 0) is 11.3 Å². The molecular weight excluding hydrogens is 294 g/mol. The van der Waals surface area contributed by atoms with Gasteiger partial charge < -0.3 is 14.2 Å². The minimum Gasteiger partial charge on any atom is -0.370 e. The topological polar surface area (TPSA) is 68.5 Å². The average Bonchev–Trinajstić information content (AvgIpc) is 2.92. The predicted molar refractivity (Wildman–Crippen MR) is 83.9 cm³/mol. The van der Waals surface area contributed by atoms with Crippen LogP contribution in [0.25, 0.3) is 0 Å². The molecule has 0 N–H and O–H groups in total. The van der Waals surface area contributed by atoms with E-state index in [1.807, 2.05) is 23.1 Å². The number of amides is 1. The van der Waals surface area contributed by atoms with Crippen molar-refractivity contribution in [2.75, 3.05) is 13.1 Å². The van der Waals surface area contributed by atoms with Gasteiger partial charge >= 0.3 is 0 Å². The monoisotopic (exact) mass is 315 g/mol. The molecule has 1 fully saturated rings. The summed E-state index contributed by atoms with van der Waals surface area (Å²) in [4.78, 5) is 18.8. The van der Waals surface area contributed by atoms with Crippen LogP contribution in [0.5, 0.6) is 0 Å². The van der Waals surface area contributed by atoms with E-state index in [0.29, 0.717) is 30.2 Å². The van der Waals surface area contributed by atoms with E-state index in [9.17, 15) is 4.79 Å². The van der Waals surface area contributed by atoms with Crippen molar-refractivity contribution in [1.29, 1.82) is 0 Å². The minimum atomic E-state index is -0.0209. The van der Waals surface area contributed by atoms with Crippen molar-refractivity contribution in [1.82, 2.24) is 15.0 Å². The van der Waals surface area contributed by atoms with Crippen molar-refractivity contribution in [3.8, 4) is 0 Å². The first-order valence-corrected chi connectivity index (χ1v) is 7.89. The lowest BCUT2D eigenvalue weighted by Crippen LogP contribution is -2.43. The molecule has 3 rings (SSSR count). The smallest absolute Gasteiger partial charge is 0.259 e. The Morgan fingerprint density at radius 2 is 2.30 bits per heavy atom. The average molecular weight is 315 g/mol. The molecule has 1 aliphatic heterocycles. The zero-order chi connectivity index (χ0) is 16.2. The van der Waals surface area contributed by atoms with Crippen molar-refractivity contribution in [3.05, 3.63) is 47.1 Å². The Bertz CT molecular complexity index is 649. The molecule has 0 spiro atoms. The fraction of sp³-hybridized carbons (Fsp3) is 0.471. The summed E-state index contributed by atoms with van der Waals surface area (Å²) in [6.45, 7) is 5.37. The van der Waals surface area contributed by atoms with Crippen molar-refractivity contribution < 1.29 is 14.1 Å². The molecule has 6 nitrogen and oxygen atoms in total. The zero-order valence-corrected chi connectivity index (χ0v) is 13.5. The molecule has 0 aromatic carbocycles. The van der Waals surface area contributed by atoms with E-state index in [1.165, 1.54) is 0 Å². The molecule has 2 aromatic rings. The molecule has 2 aromatic heterocycles. The summed E-state index contributed by atoms with van der Waals surface area (Å²) in [5.41, 5.74) is 2.13. The Labute approximate surface area is 135 Å². The predicted octanol–water partition coefficient (Wildman–Crippen LogP) is 2.51. The number of nitrogens with zero attached hydrogens (tertiary/aromatic N) is 3. The van der Waals surface area contributed by atoms with Gasteiger partial charge in [-0.1, -0.05) is 11.2 Å². The molecule has 122 valence electrons. The highest BCUT2D eigenvalue weighted by molar-refractivity contribution is 5.96. The number of carbonyl (C=O) groups excluding carboxylic acids is 1. The number of rotatable bonds is 4. The third-order valence-corrected chi connectivity index (χ3v) is 4.11. The molecule has 1 amide bonds. The number of pyridine rings is 1. The van der Waals surface area contributed by atoms with Crippen LogP contribution < -0.4 is 0 Å². The van der Waals surface area contributed by atoms with Crippen LogP contribution in [0.2, 0.25) is 0 Å². The standard InChI is InChI=1S/C17H21N3O3/c1-12-16(13(2)23-19-12)17(21)20-9-5-7-15(10-20)22-11-14-6-3-4-8-18-14/h3-4,6,8,15H,5,7,9-11H2,1-2H3/t15-/m1/s1. The summed E-state index contributed by atoms with van der Waals surface area (Å²) in [5.74, 6) is 0.552. The fourth-order valence-electron chi connectivity index (χ4n) is 2.89. The third-order valence-electron chi connectivity index (χ3n) is 4.11. The summed E-state index contributed by atoms with van der Waals surface area (Å²) >= 11 is 0. The second kappa shape index (κ2) is 6.91. The molecule has 1 atom stereocenters. The van der Waals surface area contributed by atoms with Gasteiger partial charge in [0.15, 0.2) is 0 Å². The highest BCUT2D eigenvalue weighted by Gasteiger charge is 2.28. The van der Waals surface area contributed by atoms with E-state index in [0.717, 1.165) is 25.1 Å². The number of carbonyl (C=O) groups is 1. The van der Waals surface area contributed by atoms with Gasteiger partial charge in [0.05, 0.1) is 24.1 Å². The summed E-state index contributed by atoms with van der Waals surface area (Å²) in [6, 6.07) is 5.77. The second-order valence-electron chi connectivity index (χ2n) is 5.85. The van der Waals surface area contributed by atoms with Gasteiger partial charge in [0.25, 0.3) is 5.91 Å². The van der Waals surface area contributed by atoms with Gasteiger partial charge in [0.2, 0.25) is 0 Å². The van der Waals surface area contributed by atoms with E-state index in [4.69, 9.17) is 9.26 Å². The van der Waals surface area contributed by atoms with Gasteiger partial charge in [-0.05, 0) is 38.8 Å². The first kappa shape index (κ1) is 15.7. The Morgan fingerprint density at radius 3 is 3.00 bits per heavy atom. The van der Waals surface area contributed by atoms with Crippen LogP contribution in [0.3, 0.4) is 0 Å². The molecule has 0 bridgehead atoms. The molecule has 1 aliphatic rings. The number of aryl methyl sites for hydroxylation is 2. The molecule has 1 saturated heterocycles. The molecule has 0 unspecified atom stereocenters. The van der Waals surface area contributed by atoms with E-state index in [-0.39, 0.29) is 12.0 Å². The quantitative estimate of drug-likeness (QED) is 0.867. The maximum Gasteiger partial charge on any atom is 0.259 e. The van der Waals surface area contributed by atoms with Gasteiger partial charge in [-0.25, -0.2) is 0 Å². The largest absolute Gasteiger partial charge is 0.370 e. The maximum absolute atomic E-state index is 12.7. The lowest BCUT2D eigenvalue weighted by Gasteiger charge is -2.32. The first-order chi connectivity index (χ1) is 11.1. The number of ether oxygens (including phenoxy) is 1. The normalized spacial score (nSPS) is 18.2. The molecule has 0 saturated carbocycles. The maximum atomic E-state index is 12.7. The number of piperidine rings is 1. The van der Waals surface area contributed by atoms with Crippen LogP contribution in [0.15, 0.2) is 28.9 Å². The van der Waals surface area contributed by atoms with Gasteiger partial charge in [-0.3, -0.25) is 9.78 Å². The molecule has 0 aliphatic carbocycles. The summed E-state index contributed by atoms with van der Waals surface area (Å²) in [5, 5.41) is 3.87. The van der Waals surface area contributed by atoms with Crippen LogP contribution >= 0.6 is 0 Å². The second-order valence-corrected chi connectivity index (χ2v) is 5.85. The van der Waals surface area contributed by atoms with Gasteiger partial charge in [-0.15, -0.1) is 0 Å². The Balaban J connectivity index is 1.61. The lowest BCUT2D eigenvalue weighted by molar-refractivity contribution is -0.00791. The van der Waals surface area contributed by atoms with Crippen molar-refractivity contribution in [2.24, 2.45) is 0 Å². The summed E-state index contributed by atoms with van der Waals surface area (Å²) < 4.78 is 11.0. The number of likely N-dealkylation sites (tertiary alicyclic amines) is 1. The van der Waals surface area contributed by atoms with Crippen LogP contribution in [0.1, 0.15) is 40.3 Å². The van der Waals surface area contributed by atoms with Crippen molar-refractivity contribution in [3.63, 3.8) is 0 Å². The molecular formula is C17H21N3O3. The molecule has 0 radical (unpaired) electrons. The zero-order valence-electron chi connectivity index (χ0n) is 13.5. The van der Waals surface area contributed by atoms with Crippen molar-refractivity contribution in [2.45, 2.75) is 39.4 Å². The Kier molecular flexibility index (Phi) is 4.71. The van der Waals surface area contributed by atoms with Crippen LogP contribution in [0, 0.1) is 13.8 Å². The molecule has 6 heteroatoms. The summed E-state index contributed by atoms with van der Waals surface area (Å²) in [7, 11) is 0. The minimum absolute atomic E-state index is 0.0209. The van der Waals surface area contributed by atoms with E-state index >= 15 is 0 Å². The van der Waals surface area contributed by atoms with Crippen molar-refractivity contribution >= 4 is 5.91 Å². The number of hydrogen-bond donors (Lipinski definition) is 0. The van der Waals surface area contributed by atoms with E-state index in [1.54, 1.807) is 20.0 Å². The molecule has 23 heavy (non-hydrogen) atoms. The highest BCUT2D eigenvalue weighted by Crippen LogP contribution is 2.20. The van der Waals surface area contributed by atoms with Gasteiger partial charge in [0, 0.05) is 19.3 Å². The first-order valence-electron chi connectivity index (χ1n) is 7.89. The van der Waals surface area contributed by atoms with Gasteiger partial charge in [0.1, 0.15) is 11.3 Å². The summed E-state index contributed by atoms with van der Waals surface area (Å²) in [6.07, 6.45) is 3.68. The van der Waals surface area contributed by atoms with Crippen LogP contribution in [0.4, 0.5) is 0 Å². The number of aromatic nitrogens is 2. The fourth-order valence-corrected chi connectivity index (χ4v) is 2.89. The Hall–Kier alpha value is -2.21. The van der Waals surface area contributed by atoms with E-state index < -0.39 is 0 Å². The number of hydrogen-bond acceptors (Lipinski definition) is 5. The third kappa shape index (κ3) is 3.59. The van der Waals surface area contributed by atoms with E-state index in [2.05, 4.69) is 10.1 Å². The van der Waals surface area contributed by atoms with Crippen LogP contribution in [-0.4, -0.2) is 40.1 Å². The highest BCUT2D eigenvalue weighted by atomic mass is 16.5. The SMILES string of the molecule is Cc1noc(C)c1C(=O)N1CCC[C@@H](OCc2ccccn2)C1. The Morgan fingerprint density at radius 1 is 1.43 bits per heavy atom. The molecule has 3 heterocycles. The lowest BCUT2D eigenvalue weighted by atomic mass is 10.1. The van der Waals surface area contributed by atoms with Gasteiger partial charge in [-0.2, -0.15) is 0 Å².